The summed E-state index contributed by atoms with van der Waals surface area (Å²) >= 11 is 0. The predicted molar refractivity (Wildman–Crippen MR) is 131 cm³/mol. The molecule has 2 aromatic carbocycles. The second kappa shape index (κ2) is 13.1. The van der Waals surface area contributed by atoms with E-state index in [1.807, 2.05) is 0 Å². The molecule has 0 unspecified atom stereocenters. The van der Waals surface area contributed by atoms with Gasteiger partial charge in [-0.3, -0.25) is 0 Å². The van der Waals surface area contributed by atoms with Crippen LogP contribution in [0.5, 0.6) is 0 Å². The van der Waals surface area contributed by atoms with Gasteiger partial charge in [0.25, 0.3) is 0 Å². The van der Waals surface area contributed by atoms with Crippen molar-refractivity contribution in [1.82, 2.24) is 0 Å². The van der Waals surface area contributed by atoms with Crippen molar-refractivity contribution in [3.05, 3.63) is 70.8 Å². The molecule has 2 N–H and O–H groups in total. The minimum Gasteiger partial charge on any atom is -0.465 e. The summed E-state index contributed by atoms with van der Waals surface area (Å²) < 4.78 is 32.3. The van der Waals surface area contributed by atoms with Crippen LogP contribution in [0.1, 0.15) is 45.7 Å². The van der Waals surface area contributed by atoms with Crippen molar-refractivity contribution in [2.75, 3.05) is 27.4 Å². The summed E-state index contributed by atoms with van der Waals surface area (Å²) in [5.41, 5.74) is 2.49. The normalized spacial score (nSPS) is 20.3. The van der Waals surface area contributed by atoms with E-state index >= 15 is 0 Å². The van der Waals surface area contributed by atoms with E-state index in [0.717, 1.165) is 11.1 Å². The van der Waals surface area contributed by atoms with Crippen LogP contribution < -0.4 is 0 Å². The SMILES string of the molecule is COC(=O)c1ccc(COC[C@@H](O)[C@H]2OC(C)(C)O[C@@H]2[C@H](O)COCc2ccc(C(=O)OC)cc2)cc1. The van der Waals surface area contributed by atoms with Gasteiger partial charge in [-0.2, -0.15) is 0 Å². The van der Waals surface area contributed by atoms with E-state index in [9.17, 15) is 19.8 Å². The van der Waals surface area contributed by atoms with Crippen LogP contribution in [0.4, 0.5) is 0 Å². The summed E-state index contributed by atoms with van der Waals surface area (Å²) in [5.74, 6) is -1.85. The summed E-state index contributed by atoms with van der Waals surface area (Å²) in [7, 11) is 2.64. The van der Waals surface area contributed by atoms with Gasteiger partial charge in [-0.15, -0.1) is 0 Å². The maximum Gasteiger partial charge on any atom is 0.337 e. The number of aliphatic hydroxyl groups excluding tert-OH is 2. The zero-order chi connectivity index (χ0) is 27.0. The van der Waals surface area contributed by atoms with E-state index in [1.54, 1.807) is 62.4 Å². The number of ether oxygens (including phenoxy) is 6. The van der Waals surface area contributed by atoms with Crippen LogP contribution in [0.15, 0.2) is 48.5 Å². The lowest BCUT2D eigenvalue weighted by Gasteiger charge is -2.25. The van der Waals surface area contributed by atoms with Crippen molar-refractivity contribution in [2.45, 2.75) is 57.3 Å². The fraction of sp³-hybridized carbons (Fsp3) is 0.481. The maximum absolute atomic E-state index is 11.5. The van der Waals surface area contributed by atoms with Gasteiger partial charge < -0.3 is 38.6 Å². The molecule has 37 heavy (non-hydrogen) atoms. The molecule has 0 aliphatic carbocycles. The van der Waals surface area contributed by atoms with Crippen molar-refractivity contribution < 1.29 is 48.2 Å². The summed E-state index contributed by atoms with van der Waals surface area (Å²) in [6, 6.07) is 13.5. The van der Waals surface area contributed by atoms with Crippen molar-refractivity contribution in [1.29, 1.82) is 0 Å². The van der Waals surface area contributed by atoms with Gasteiger partial charge in [0, 0.05) is 0 Å². The van der Waals surface area contributed by atoms with Crippen LogP contribution in [-0.2, 0) is 41.6 Å². The first-order valence-electron chi connectivity index (χ1n) is 11.9. The van der Waals surface area contributed by atoms with E-state index in [0.29, 0.717) is 11.1 Å². The van der Waals surface area contributed by atoms with E-state index in [2.05, 4.69) is 9.47 Å². The van der Waals surface area contributed by atoms with Crippen LogP contribution in [0.25, 0.3) is 0 Å². The molecule has 0 saturated carbocycles. The van der Waals surface area contributed by atoms with E-state index in [4.69, 9.17) is 18.9 Å². The first-order chi connectivity index (χ1) is 17.6. The molecule has 0 spiro atoms. The molecule has 1 saturated heterocycles. The molecule has 0 aromatic heterocycles. The topological polar surface area (TPSA) is 130 Å². The molecular weight excluding hydrogens is 484 g/mol. The largest absolute Gasteiger partial charge is 0.465 e. The van der Waals surface area contributed by atoms with Crippen molar-refractivity contribution in [3.63, 3.8) is 0 Å². The Morgan fingerprint density at radius 1 is 0.757 bits per heavy atom. The van der Waals surface area contributed by atoms with Crippen LogP contribution in [-0.4, -0.2) is 79.8 Å². The van der Waals surface area contributed by atoms with Crippen molar-refractivity contribution in [3.8, 4) is 0 Å². The summed E-state index contributed by atoms with van der Waals surface area (Å²) in [4.78, 5) is 23.1. The zero-order valence-corrected chi connectivity index (χ0v) is 21.4. The molecule has 1 fully saturated rings. The zero-order valence-electron chi connectivity index (χ0n) is 21.4. The summed E-state index contributed by atoms with van der Waals surface area (Å²) in [6.45, 7) is 3.71. The summed E-state index contributed by atoms with van der Waals surface area (Å²) in [6.07, 6.45) is -3.81. The van der Waals surface area contributed by atoms with E-state index in [-0.39, 0.29) is 26.4 Å². The number of esters is 2. The molecule has 0 bridgehead atoms. The van der Waals surface area contributed by atoms with Gasteiger partial charge in [-0.1, -0.05) is 24.3 Å². The second-order valence-electron chi connectivity index (χ2n) is 9.11. The molecule has 2 aromatic rings. The molecule has 0 radical (unpaired) electrons. The number of carbonyl (C=O) groups excluding carboxylic acids is 2. The minimum absolute atomic E-state index is 0.0561. The van der Waals surface area contributed by atoms with Crippen LogP contribution in [0.3, 0.4) is 0 Å². The highest BCUT2D eigenvalue weighted by Crippen LogP contribution is 2.32. The number of benzene rings is 2. The van der Waals surface area contributed by atoms with Gasteiger partial charge >= 0.3 is 11.9 Å². The minimum atomic E-state index is -1.07. The standard InChI is InChI=1S/C27H34O10/c1-27(2)36-23(21(28)15-34-13-17-5-9-19(10-6-17)25(30)32-3)24(37-27)22(29)16-35-14-18-7-11-20(12-8-18)26(31)33-4/h5-12,21-24,28-29H,13-16H2,1-4H3/t21-,22-,23-,24-/m1/s1. The molecule has 1 heterocycles. The number of hydrogen-bond donors (Lipinski definition) is 2. The highest BCUT2D eigenvalue weighted by molar-refractivity contribution is 5.89. The third kappa shape index (κ3) is 8.06. The van der Waals surface area contributed by atoms with E-state index in [1.165, 1.54) is 14.2 Å². The van der Waals surface area contributed by atoms with Gasteiger partial charge in [-0.25, -0.2) is 9.59 Å². The van der Waals surface area contributed by atoms with Crippen LogP contribution in [0.2, 0.25) is 0 Å². The first-order valence-corrected chi connectivity index (χ1v) is 11.9. The van der Waals surface area contributed by atoms with Crippen molar-refractivity contribution in [2.24, 2.45) is 0 Å². The van der Waals surface area contributed by atoms with Gasteiger partial charge in [0.1, 0.15) is 24.4 Å². The smallest absolute Gasteiger partial charge is 0.337 e. The monoisotopic (exact) mass is 518 g/mol. The molecule has 10 nitrogen and oxygen atoms in total. The quantitative estimate of drug-likeness (QED) is 0.404. The van der Waals surface area contributed by atoms with Crippen molar-refractivity contribution >= 4 is 11.9 Å². The average molecular weight is 519 g/mol. The number of hydrogen-bond acceptors (Lipinski definition) is 10. The predicted octanol–water partition coefficient (Wildman–Crippen LogP) is 2.24. The van der Waals surface area contributed by atoms with Crippen LogP contribution in [0, 0.1) is 0 Å². The molecule has 1 aliphatic rings. The van der Waals surface area contributed by atoms with E-state index < -0.39 is 42.1 Å². The molecule has 4 atom stereocenters. The van der Waals surface area contributed by atoms with Gasteiger partial charge in [-0.05, 0) is 49.2 Å². The molecule has 1 aliphatic heterocycles. The molecule has 3 rings (SSSR count). The summed E-state index contributed by atoms with van der Waals surface area (Å²) in [5, 5.41) is 21.5. The Balaban J connectivity index is 1.49. The second-order valence-corrected chi connectivity index (χ2v) is 9.11. The fourth-order valence-corrected chi connectivity index (χ4v) is 3.91. The van der Waals surface area contributed by atoms with Gasteiger partial charge in [0.15, 0.2) is 5.79 Å². The van der Waals surface area contributed by atoms with Gasteiger partial charge in [0.05, 0.1) is 51.8 Å². The molecule has 10 heteroatoms. The Labute approximate surface area is 216 Å². The molecular formula is C27H34O10. The fourth-order valence-electron chi connectivity index (χ4n) is 3.91. The number of carbonyl (C=O) groups is 2. The highest BCUT2D eigenvalue weighted by atomic mass is 16.8. The van der Waals surface area contributed by atoms with Gasteiger partial charge in [0.2, 0.25) is 0 Å². The third-order valence-corrected chi connectivity index (χ3v) is 5.79. The third-order valence-electron chi connectivity index (χ3n) is 5.79. The maximum atomic E-state index is 11.5. The number of methoxy groups -OCH3 is 2. The highest BCUT2D eigenvalue weighted by Gasteiger charge is 2.48. The number of aliphatic hydroxyl groups is 2. The Bertz CT molecular complexity index is 937. The lowest BCUT2D eigenvalue weighted by Crippen LogP contribution is -2.45. The Morgan fingerprint density at radius 2 is 1.11 bits per heavy atom. The Kier molecular flexibility index (Phi) is 10.2. The average Bonchev–Trinajstić information content (AvgIpc) is 3.24. The van der Waals surface area contributed by atoms with Crippen LogP contribution >= 0.6 is 0 Å². The molecule has 202 valence electrons. The lowest BCUT2D eigenvalue weighted by molar-refractivity contribution is -0.165. The molecule has 0 amide bonds. The lowest BCUT2D eigenvalue weighted by atomic mass is 10.0. The number of rotatable bonds is 12. The Hall–Kier alpha value is -2.86. The Morgan fingerprint density at radius 3 is 1.43 bits per heavy atom. The first kappa shape index (κ1) is 28.7.